The van der Waals surface area contributed by atoms with E-state index in [1.807, 2.05) is 0 Å². The molecular formula is C9H21N3O2S2. The standard InChI is InChI=1S/C9H21N3O2S2/c1-7(6-8(10)15)12(5)16(13,14)11-9(2,3)4/h7,11H,6H2,1-5H3,(H2,10,15). The van der Waals surface area contributed by atoms with Gasteiger partial charge in [-0.15, -0.1) is 0 Å². The van der Waals surface area contributed by atoms with Crippen LogP contribution in [0.2, 0.25) is 0 Å². The van der Waals surface area contributed by atoms with Gasteiger partial charge in [0, 0.05) is 25.0 Å². The summed E-state index contributed by atoms with van der Waals surface area (Å²) < 4.78 is 27.6. The van der Waals surface area contributed by atoms with Crippen LogP contribution in [0.25, 0.3) is 0 Å². The molecule has 0 aromatic carbocycles. The number of rotatable bonds is 5. The van der Waals surface area contributed by atoms with Crippen LogP contribution in [0, 0.1) is 0 Å². The van der Waals surface area contributed by atoms with Gasteiger partial charge in [0.2, 0.25) is 0 Å². The maximum atomic E-state index is 11.9. The molecule has 0 aromatic heterocycles. The zero-order valence-corrected chi connectivity index (χ0v) is 12.1. The summed E-state index contributed by atoms with van der Waals surface area (Å²) in [5, 5.41) is 0. The molecule has 0 aliphatic carbocycles. The molecule has 0 aromatic rings. The molecule has 0 fully saturated rings. The minimum atomic E-state index is -3.49. The molecule has 0 bridgehead atoms. The van der Waals surface area contributed by atoms with Crippen LogP contribution in [0.1, 0.15) is 34.1 Å². The lowest BCUT2D eigenvalue weighted by Crippen LogP contribution is -2.50. The molecule has 1 atom stereocenters. The van der Waals surface area contributed by atoms with E-state index in [2.05, 4.69) is 4.72 Å². The summed E-state index contributed by atoms with van der Waals surface area (Å²) in [6.07, 6.45) is 0.372. The Morgan fingerprint density at radius 3 is 2.25 bits per heavy atom. The Bertz CT molecular complexity index is 346. The van der Waals surface area contributed by atoms with E-state index >= 15 is 0 Å². The molecule has 16 heavy (non-hydrogen) atoms. The van der Waals surface area contributed by atoms with E-state index in [4.69, 9.17) is 18.0 Å². The average Bonchev–Trinajstić information content (AvgIpc) is 1.96. The van der Waals surface area contributed by atoms with Crippen molar-refractivity contribution in [3.8, 4) is 0 Å². The summed E-state index contributed by atoms with van der Waals surface area (Å²) in [4.78, 5) is 0.310. The third kappa shape index (κ3) is 5.74. The molecule has 0 radical (unpaired) electrons. The predicted molar refractivity (Wildman–Crippen MR) is 70.4 cm³/mol. The quantitative estimate of drug-likeness (QED) is 0.716. The Kier molecular flexibility index (Phi) is 5.31. The fourth-order valence-electron chi connectivity index (χ4n) is 1.12. The summed E-state index contributed by atoms with van der Waals surface area (Å²) in [6, 6.07) is -0.252. The van der Waals surface area contributed by atoms with E-state index in [9.17, 15) is 8.42 Å². The van der Waals surface area contributed by atoms with Crippen molar-refractivity contribution in [2.24, 2.45) is 5.73 Å². The van der Waals surface area contributed by atoms with Crippen molar-refractivity contribution in [1.82, 2.24) is 9.03 Å². The fraction of sp³-hybridized carbons (Fsp3) is 0.889. The van der Waals surface area contributed by atoms with Gasteiger partial charge in [0.05, 0.1) is 4.99 Å². The van der Waals surface area contributed by atoms with Gasteiger partial charge in [-0.2, -0.15) is 17.4 Å². The van der Waals surface area contributed by atoms with Crippen LogP contribution >= 0.6 is 12.2 Å². The van der Waals surface area contributed by atoms with E-state index in [-0.39, 0.29) is 6.04 Å². The zero-order valence-electron chi connectivity index (χ0n) is 10.4. The minimum Gasteiger partial charge on any atom is -0.393 e. The maximum absolute atomic E-state index is 11.9. The highest BCUT2D eigenvalue weighted by Gasteiger charge is 2.27. The van der Waals surface area contributed by atoms with Gasteiger partial charge in [-0.05, 0) is 27.7 Å². The first-order valence-corrected chi connectivity index (χ1v) is 6.86. The maximum Gasteiger partial charge on any atom is 0.279 e. The summed E-state index contributed by atoms with van der Waals surface area (Å²) >= 11 is 4.76. The molecule has 5 nitrogen and oxygen atoms in total. The normalized spacial score (nSPS) is 15.1. The van der Waals surface area contributed by atoms with Crippen molar-refractivity contribution in [3.63, 3.8) is 0 Å². The van der Waals surface area contributed by atoms with Crippen LogP contribution in [-0.4, -0.2) is 36.3 Å². The SMILES string of the molecule is CC(CC(N)=S)N(C)S(=O)(=O)NC(C)(C)C. The Morgan fingerprint density at radius 2 is 1.94 bits per heavy atom. The molecule has 0 aliphatic rings. The Morgan fingerprint density at radius 1 is 1.50 bits per heavy atom. The lowest BCUT2D eigenvalue weighted by Gasteiger charge is -2.28. The number of nitrogens with zero attached hydrogens (tertiary/aromatic N) is 1. The van der Waals surface area contributed by atoms with Gasteiger partial charge in [0.15, 0.2) is 0 Å². The molecular weight excluding hydrogens is 246 g/mol. The summed E-state index contributed by atoms with van der Waals surface area (Å²) in [5.74, 6) is 0. The molecule has 0 saturated heterocycles. The highest BCUT2D eigenvalue weighted by Crippen LogP contribution is 2.10. The van der Waals surface area contributed by atoms with Gasteiger partial charge >= 0.3 is 0 Å². The first-order chi connectivity index (χ1) is 6.96. The third-order valence-electron chi connectivity index (χ3n) is 1.93. The predicted octanol–water partition coefficient (Wildman–Crippen LogP) is 0.616. The Balaban J connectivity index is 4.70. The number of hydrogen-bond acceptors (Lipinski definition) is 3. The summed E-state index contributed by atoms with van der Waals surface area (Å²) in [6.45, 7) is 7.13. The highest BCUT2D eigenvalue weighted by atomic mass is 32.2. The molecule has 96 valence electrons. The number of hydrogen-bond donors (Lipinski definition) is 2. The van der Waals surface area contributed by atoms with Crippen LogP contribution in [0.5, 0.6) is 0 Å². The number of nitrogens with one attached hydrogen (secondary N) is 1. The lowest BCUT2D eigenvalue weighted by molar-refractivity contribution is 0.373. The van der Waals surface area contributed by atoms with Crippen LogP contribution < -0.4 is 10.5 Å². The summed E-state index contributed by atoms with van der Waals surface area (Å²) in [7, 11) is -1.98. The first kappa shape index (κ1) is 15.8. The second-order valence-corrected chi connectivity index (χ2v) is 7.15. The van der Waals surface area contributed by atoms with Gasteiger partial charge in [-0.3, -0.25) is 0 Å². The van der Waals surface area contributed by atoms with Gasteiger partial charge in [0.1, 0.15) is 0 Å². The largest absolute Gasteiger partial charge is 0.393 e. The van der Waals surface area contributed by atoms with Crippen molar-refractivity contribution in [2.75, 3.05) is 7.05 Å². The van der Waals surface area contributed by atoms with E-state index in [0.717, 1.165) is 0 Å². The van der Waals surface area contributed by atoms with Crippen molar-refractivity contribution in [3.05, 3.63) is 0 Å². The van der Waals surface area contributed by atoms with Crippen molar-refractivity contribution in [2.45, 2.75) is 45.7 Å². The molecule has 3 N–H and O–H groups in total. The van der Waals surface area contributed by atoms with Crippen molar-refractivity contribution < 1.29 is 8.42 Å². The van der Waals surface area contributed by atoms with E-state index in [1.54, 1.807) is 27.7 Å². The smallest absolute Gasteiger partial charge is 0.279 e. The van der Waals surface area contributed by atoms with Gasteiger partial charge in [-0.1, -0.05) is 12.2 Å². The second kappa shape index (κ2) is 5.39. The van der Waals surface area contributed by atoms with Gasteiger partial charge < -0.3 is 5.73 Å². The van der Waals surface area contributed by atoms with Crippen LogP contribution in [0.4, 0.5) is 0 Å². The number of thiocarbonyl (C=S) groups is 1. The summed E-state index contributed by atoms with van der Waals surface area (Å²) in [5.41, 5.74) is 4.89. The van der Waals surface area contributed by atoms with E-state index in [1.165, 1.54) is 11.4 Å². The van der Waals surface area contributed by atoms with Gasteiger partial charge in [-0.25, -0.2) is 0 Å². The van der Waals surface area contributed by atoms with Crippen LogP contribution in [-0.2, 0) is 10.2 Å². The Labute approximate surface area is 104 Å². The molecule has 0 spiro atoms. The Hall–Kier alpha value is -0.240. The zero-order chi connectivity index (χ0) is 13.1. The number of nitrogens with two attached hydrogens (primary N) is 1. The molecule has 0 saturated carbocycles. The van der Waals surface area contributed by atoms with Gasteiger partial charge in [0.25, 0.3) is 10.2 Å². The first-order valence-electron chi connectivity index (χ1n) is 5.01. The monoisotopic (exact) mass is 267 g/mol. The highest BCUT2D eigenvalue weighted by molar-refractivity contribution is 7.87. The van der Waals surface area contributed by atoms with E-state index < -0.39 is 15.7 Å². The lowest BCUT2D eigenvalue weighted by atomic mass is 10.1. The third-order valence-corrected chi connectivity index (χ3v) is 4.09. The fourth-order valence-corrected chi connectivity index (χ4v) is 2.82. The molecule has 1 unspecified atom stereocenters. The van der Waals surface area contributed by atoms with E-state index in [0.29, 0.717) is 11.4 Å². The second-order valence-electron chi connectivity index (χ2n) is 4.89. The molecule has 0 aliphatic heterocycles. The van der Waals surface area contributed by atoms with Crippen molar-refractivity contribution >= 4 is 27.4 Å². The van der Waals surface area contributed by atoms with Crippen molar-refractivity contribution in [1.29, 1.82) is 0 Å². The molecule has 7 heteroatoms. The molecule has 0 amide bonds. The van der Waals surface area contributed by atoms with Crippen LogP contribution in [0.3, 0.4) is 0 Å². The van der Waals surface area contributed by atoms with Crippen LogP contribution in [0.15, 0.2) is 0 Å². The average molecular weight is 267 g/mol. The molecule has 0 rings (SSSR count). The topological polar surface area (TPSA) is 75.4 Å². The molecule has 0 heterocycles. The minimum absolute atomic E-state index is 0.252.